The number of aliphatic carboxylic acids is 1. The highest BCUT2D eigenvalue weighted by Crippen LogP contribution is 2.21. The van der Waals surface area contributed by atoms with Crippen molar-refractivity contribution in [2.45, 2.75) is 32.7 Å². The van der Waals surface area contributed by atoms with Gasteiger partial charge in [-0.05, 0) is 37.1 Å². The summed E-state index contributed by atoms with van der Waals surface area (Å²) < 4.78 is 5.13. The average molecular weight is 280 g/mol. The molecule has 6 nitrogen and oxygen atoms in total. The van der Waals surface area contributed by atoms with Gasteiger partial charge in [-0.2, -0.15) is 0 Å². The van der Waals surface area contributed by atoms with E-state index in [0.717, 1.165) is 11.3 Å². The second-order valence-electron chi connectivity index (χ2n) is 4.46. The summed E-state index contributed by atoms with van der Waals surface area (Å²) in [4.78, 5) is 22.7. The Hall–Kier alpha value is -2.24. The molecule has 0 saturated carbocycles. The number of methoxy groups -OCH3 is 1. The van der Waals surface area contributed by atoms with Crippen LogP contribution in [0, 0.1) is 6.92 Å². The molecule has 0 bridgehead atoms. The molecule has 0 radical (unpaired) electrons. The lowest BCUT2D eigenvalue weighted by atomic mass is 10.2. The predicted octanol–water partition coefficient (Wildman–Crippen LogP) is 2.38. The third-order valence-electron chi connectivity index (χ3n) is 2.83. The molecule has 1 aromatic rings. The van der Waals surface area contributed by atoms with Crippen LogP contribution in [-0.4, -0.2) is 30.3 Å². The van der Waals surface area contributed by atoms with E-state index in [4.69, 9.17) is 9.84 Å². The van der Waals surface area contributed by atoms with Crippen molar-refractivity contribution in [3.05, 3.63) is 23.8 Å². The Kier molecular flexibility index (Phi) is 5.83. The number of nitrogens with one attached hydrogen (secondary N) is 2. The van der Waals surface area contributed by atoms with Crippen molar-refractivity contribution in [2.75, 3.05) is 12.4 Å². The van der Waals surface area contributed by atoms with Crippen molar-refractivity contribution >= 4 is 17.7 Å². The zero-order valence-corrected chi connectivity index (χ0v) is 11.9. The number of benzene rings is 1. The first-order valence-electron chi connectivity index (χ1n) is 6.42. The Labute approximate surface area is 118 Å². The van der Waals surface area contributed by atoms with Crippen molar-refractivity contribution in [3.63, 3.8) is 0 Å². The van der Waals surface area contributed by atoms with E-state index in [2.05, 4.69) is 10.6 Å². The van der Waals surface area contributed by atoms with Gasteiger partial charge in [0.1, 0.15) is 11.8 Å². The molecule has 0 aliphatic rings. The predicted molar refractivity (Wildman–Crippen MR) is 76.2 cm³/mol. The Morgan fingerprint density at radius 2 is 2.10 bits per heavy atom. The normalized spacial score (nSPS) is 11.6. The van der Waals surface area contributed by atoms with E-state index in [1.54, 1.807) is 25.3 Å². The lowest BCUT2D eigenvalue weighted by Crippen LogP contribution is -2.42. The summed E-state index contributed by atoms with van der Waals surface area (Å²) in [6, 6.07) is 3.79. The van der Waals surface area contributed by atoms with E-state index in [1.165, 1.54) is 0 Å². The summed E-state index contributed by atoms with van der Waals surface area (Å²) in [5.41, 5.74) is 1.47. The standard InChI is InChI=1S/C14H20N2O4/c1-4-5-11(13(17)18)16-14(19)15-10-6-7-12(20-3)9(2)8-10/h6-8,11H,4-5H2,1-3H3,(H,17,18)(H2,15,16,19). The fourth-order valence-corrected chi connectivity index (χ4v) is 1.83. The van der Waals surface area contributed by atoms with Crippen LogP contribution in [0.4, 0.5) is 10.5 Å². The molecule has 2 amide bonds. The minimum atomic E-state index is -1.03. The summed E-state index contributed by atoms with van der Waals surface area (Å²) in [7, 11) is 1.57. The van der Waals surface area contributed by atoms with Crippen LogP contribution in [0.1, 0.15) is 25.3 Å². The minimum Gasteiger partial charge on any atom is -0.496 e. The van der Waals surface area contributed by atoms with Crippen molar-refractivity contribution in [1.29, 1.82) is 0 Å². The highest BCUT2D eigenvalue weighted by molar-refractivity contribution is 5.92. The number of carboxylic acids is 1. The molecule has 110 valence electrons. The van der Waals surface area contributed by atoms with Gasteiger partial charge in [0.05, 0.1) is 7.11 Å². The molecule has 1 rings (SSSR count). The largest absolute Gasteiger partial charge is 0.496 e. The van der Waals surface area contributed by atoms with Gasteiger partial charge in [0.2, 0.25) is 0 Å². The van der Waals surface area contributed by atoms with Crippen molar-refractivity contribution in [2.24, 2.45) is 0 Å². The fraction of sp³-hybridized carbons (Fsp3) is 0.429. The maximum atomic E-state index is 11.8. The molecule has 0 fully saturated rings. The third-order valence-corrected chi connectivity index (χ3v) is 2.83. The first-order chi connectivity index (χ1) is 9.47. The maximum absolute atomic E-state index is 11.8. The van der Waals surface area contributed by atoms with Gasteiger partial charge in [-0.15, -0.1) is 0 Å². The molecule has 0 aromatic heterocycles. The Morgan fingerprint density at radius 3 is 2.60 bits per heavy atom. The molecular formula is C14H20N2O4. The fourth-order valence-electron chi connectivity index (χ4n) is 1.83. The molecule has 1 atom stereocenters. The number of rotatable bonds is 6. The van der Waals surface area contributed by atoms with Crippen LogP contribution in [0.5, 0.6) is 5.75 Å². The van der Waals surface area contributed by atoms with Gasteiger partial charge in [-0.1, -0.05) is 13.3 Å². The molecule has 6 heteroatoms. The number of carboxylic acid groups (broad SMARTS) is 1. The molecule has 0 heterocycles. The number of hydrogen-bond donors (Lipinski definition) is 3. The van der Waals surface area contributed by atoms with Crippen molar-refractivity contribution < 1.29 is 19.4 Å². The molecule has 1 unspecified atom stereocenters. The van der Waals surface area contributed by atoms with E-state index >= 15 is 0 Å². The third kappa shape index (κ3) is 4.46. The lowest BCUT2D eigenvalue weighted by molar-refractivity contribution is -0.139. The van der Waals surface area contributed by atoms with Crippen LogP contribution >= 0.6 is 0 Å². The van der Waals surface area contributed by atoms with Gasteiger partial charge in [0, 0.05) is 5.69 Å². The molecule has 0 aliphatic heterocycles. The van der Waals surface area contributed by atoms with Gasteiger partial charge >= 0.3 is 12.0 Å². The minimum absolute atomic E-state index is 0.393. The summed E-state index contributed by atoms with van der Waals surface area (Å²) in [5.74, 6) is -0.307. The number of aryl methyl sites for hydroxylation is 1. The van der Waals surface area contributed by atoms with Gasteiger partial charge in [0.15, 0.2) is 0 Å². The van der Waals surface area contributed by atoms with Crippen molar-refractivity contribution in [3.8, 4) is 5.75 Å². The summed E-state index contributed by atoms with van der Waals surface area (Å²) in [5, 5.41) is 14.0. The number of urea groups is 1. The van der Waals surface area contributed by atoms with Crippen LogP contribution in [0.25, 0.3) is 0 Å². The zero-order chi connectivity index (χ0) is 15.1. The monoisotopic (exact) mass is 280 g/mol. The van der Waals surface area contributed by atoms with Gasteiger partial charge in [-0.3, -0.25) is 0 Å². The van der Waals surface area contributed by atoms with Crippen LogP contribution < -0.4 is 15.4 Å². The number of ether oxygens (including phenoxy) is 1. The molecule has 0 saturated heterocycles. The van der Waals surface area contributed by atoms with E-state index < -0.39 is 18.0 Å². The number of carbonyl (C=O) groups excluding carboxylic acids is 1. The molecular weight excluding hydrogens is 260 g/mol. The maximum Gasteiger partial charge on any atom is 0.326 e. The zero-order valence-electron chi connectivity index (χ0n) is 11.9. The molecule has 1 aromatic carbocycles. The summed E-state index contributed by atoms with van der Waals surface area (Å²) in [6.45, 7) is 3.72. The molecule has 0 aliphatic carbocycles. The second-order valence-corrected chi connectivity index (χ2v) is 4.46. The number of amides is 2. The van der Waals surface area contributed by atoms with E-state index in [1.807, 2.05) is 13.8 Å². The lowest BCUT2D eigenvalue weighted by Gasteiger charge is -2.15. The Bertz CT molecular complexity index is 488. The van der Waals surface area contributed by atoms with E-state index in [-0.39, 0.29) is 0 Å². The Balaban J connectivity index is 2.66. The quantitative estimate of drug-likeness (QED) is 0.746. The van der Waals surface area contributed by atoms with E-state index in [0.29, 0.717) is 18.5 Å². The van der Waals surface area contributed by atoms with Crippen LogP contribution in [-0.2, 0) is 4.79 Å². The Morgan fingerprint density at radius 1 is 1.40 bits per heavy atom. The highest BCUT2D eigenvalue weighted by Gasteiger charge is 2.18. The highest BCUT2D eigenvalue weighted by atomic mass is 16.5. The first kappa shape index (κ1) is 15.8. The number of carbonyl (C=O) groups is 2. The van der Waals surface area contributed by atoms with Crippen LogP contribution in [0.15, 0.2) is 18.2 Å². The molecule has 3 N–H and O–H groups in total. The topological polar surface area (TPSA) is 87.7 Å². The van der Waals surface area contributed by atoms with Crippen LogP contribution in [0.2, 0.25) is 0 Å². The first-order valence-corrected chi connectivity index (χ1v) is 6.42. The summed E-state index contributed by atoms with van der Waals surface area (Å²) >= 11 is 0. The molecule has 20 heavy (non-hydrogen) atoms. The summed E-state index contributed by atoms with van der Waals surface area (Å²) in [6.07, 6.45) is 1.07. The van der Waals surface area contributed by atoms with Gasteiger partial charge < -0.3 is 20.5 Å². The molecule has 0 spiro atoms. The second kappa shape index (κ2) is 7.37. The van der Waals surface area contributed by atoms with Gasteiger partial charge in [-0.25, -0.2) is 9.59 Å². The SMILES string of the molecule is CCCC(NC(=O)Nc1ccc(OC)c(C)c1)C(=O)O. The number of anilines is 1. The van der Waals surface area contributed by atoms with Gasteiger partial charge in [0.25, 0.3) is 0 Å². The van der Waals surface area contributed by atoms with Crippen molar-refractivity contribution in [1.82, 2.24) is 5.32 Å². The van der Waals surface area contributed by atoms with Crippen LogP contribution in [0.3, 0.4) is 0 Å². The smallest absolute Gasteiger partial charge is 0.326 e. The van der Waals surface area contributed by atoms with E-state index in [9.17, 15) is 9.59 Å². The number of hydrogen-bond acceptors (Lipinski definition) is 3. The average Bonchev–Trinajstić information content (AvgIpc) is 2.38.